The molecule has 7 heteroatoms. The molecule has 26 heavy (non-hydrogen) atoms. The van der Waals surface area contributed by atoms with E-state index in [1.807, 2.05) is 11.4 Å². The van der Waals surface area contributed by atoms with Crippen LogP contribution in [0, 0.1) is 5.82 Å². The Morgan fingerprint density at radius 2 is 2.08 bits per heavy atom. The van der Waals surface area contributed by atoms with Gasteiger partial charge in [-0.3, -0.25) is 4.79 Å². The van der Waals surface area contributed by atoms with E-state index >= 15 is 0 Å². The molecule has 0 amide bonds. The smallest absolute Gasteiger partial charge is 0.226 e. The Bertz CT molecular complexity index is 1020. The molecule has 130 valence electrons. The number of Topliss-reactive ketones (excluding diaryl/α,β-unsaturated/α-hetero) is 1. The molecule has 0 radical (unpaired) electrons. The van der Waals surface area contributed by atoms with Crippen molar-refractivity contribution in [1.82, 2.24) is 14.8 Å². The van der Waals surface area contributed by atoms with Crippen molar-refractivity contribution in [2.45, 2.75) is 24.8 Å². The van der Waals surface area contributed by atoms with Gasteiger partial charge in [-0.1, -0.05) is 24.3 Å². The molecule has 1 aliphatic heterocycles. The lowest BCUT2D eigenvalue weighted by Gasteiger charge is -2.34. The molecular formula is C19H15FN4OS. The number of nitrogens with one attached hydrogen (secondary N) is 1. The number of hydrogen-bond acceptors (Lipinski definition) is 5. The summed E-state index contributed by atoms with van der Waals surface area (Å²) >= 11 is 1.66. The highest BCUT2D eigenvalue weighted by molar-refractivity contribution is 7.10. The van der Waals surface area contributed by atoms with Crippen LogP contribution in [0.1, 0.15) is 35.2 Å². The Balaban J connectivity index is 1.65. The summed E-state index contributed by atoms with van der Waals surface area (Å²) in [6.45, 7) is 0. The number of ketones is 1. The van der Waals surface area contributed by atoms with E-state index in [1.54, 1.807) is 34.2 Å². The molecule has 2 aromatic heterocycles. The zero-order valence-electron chi connectivity index (χ0n) is 13.7. The molecule has 2 atom stereocenters. The third kappa shape index (κ3) is 2.31. The number of fused-ring (bicyclic) bond motifs is 1. The van der Waals surface area contributed by atoms with Gasteiger partial charge < -0.3 is 5.32 Å². The van der Waals surface area contributed by atoms with E-state index in [-0.39, 0.29) is 17.5 Å². The number of allylic oxidation sites excluding steroid dienone is 2. The van der Waals surface area contributed by atoms with Crippen molar-refractivity contribution in [1.29, 1.82) is 0 Å². The van der Waals surface area contributed by atoms with Crippen molar-refractivity contribution >= 4 is 23.1 Å². The van der Waals surface area contributed by atoms with E-state index in [4.69, 9.17) is 0 Å². The normalized spacial score (nSPS) is 22.0. The van der Waals surface area contributed by atoms with Crippen LogP contribution in [-0.2, 0) is 4.79 Å². The van der Waals surface area contributed by atoms with Crippen LogP contribution in [0.2, 0.25) is 0 Å². The zero-order valence-corrected chi connectivity index (χ0v) is 14.5. The monoisotopic (exact) mass is 366 g/mol. The minimum Gasteiger partial charge on any atom is -0.328 e. The minimum absolute atomic E-state index is 0.0338. The summed E-state index contributed by atoms with van der Waals surface area (Å²) in [5.74, 6) is 0.369. The van der Waals surface area contributed by atoms with Gasteiger partial charge in [-0.25, -0.2) is 9.07 Å². The lowest BCUT2D eigenvalue weighted by molar-refractivity contribution is -0.116. The maximum Gasteiger partial charge on any atom is 0.226 e. The predicted octanol–water partition coefficient (Wildman–Crippen LogP) is 3.89. The van der Waals surface area contributed by atoms with Crippen molar-refractivity contribution < 1.29 is 9.18 Å². The minimum atomic E-state index is -0.582. The van der Waals surface area contributed by atoms with Crippen LogP contribution in [0.5, 0.6) is 0 Å². The number of carbonyl (C=O) groups excluding carboxylic acids is 1. The average molecular weight is 366 g/mol. The highest BCUT2D eigenvalue weighted by atomic mass is 32.1. The predicted molar refractivity (Wildman–Crippen MR) is 96.5 cm³/mol. The Labute approximate surface area is 153 Å². The summed E-state index contributed by atoms with van der Waals surface area (Å²) in [5.41, 5.74) is 1.87. The van der Waals surface area contributed by atoms with Crippen LogP contribution in [0.3, 0.4) is 0 Å². The first-order valence-electron chi connectivity index (χ1n) is 8.43. The van der Waals surface area contributed by atoms with E-state index in [0.29, 0.717) is 29.9 Å². The number of aromatic nitrogens is 3. The fourth-order valence-electron chi connectivity index (χ4n) is 3.86. The highest BCUT2D eigenvalue weighted by Crippen LogP contribution is 2.44. The second-order valence-corrected chi connectivity index (χ2v) is 7.49. The summed E-state index contributed by atoms with van der Waals surface area (Å²) in [4.78, 5) is 18.5. The van der Waals surface area contributed by atoms with Crippen molar-refractivity contribution in [3.63, 3.8) is 0 Å². The van der Waals surface area contributed by atoms with Crippen molar-refractivity contribution in [2.75, 3.05) is 5.32 Å². The average Bonchev–Trinajstić information content (AvgIpc) is 3.32. The molecule has 0 bridgehead atoms. The first-order chi connectivity index (χ1) is 12.7. The van der Waals surface area contributed by atoms with E-state index in [1.165, 1.54) is 17.3 Å². The molecule has 3 aromatic rings. The lowest BCUT2D eigenvalue weighted by atomic mass is 9.80. The zero-order chi connectivity index (χ0) is 17.7. The van der Waals surface area contributed by atoms with Crippen LogP contribution >= 0.6 is 11.3 Å². The van der Waals surface area contributed by atoms with Gasteiger partial charge in [0.2, 0.25) is 5.95 Å². The molecule has 0 saturated carbocycles. The molecule has 0 unspecified atom stereocenters. The Morgan fingerprint density at radius 3 is 2.88 bits per heavy atom. The molecule has 1 N–H and O–H groups in total. The van der Waals surface area contributed by atoms with Gasteiger partial charge in [0.15, 0.2) is 5.78 Å². The summed E-state index contributed by atoms with van der Waals surface area (Å²) in [7, 11) is 0. The van der Waals surface area contributed by atoms with Gasteiger partial charge in [0.25, 0.3) is 0 Å². The van der Waals surface area contributed by atoms with Crippen LogP contribution < -0.4 is 5.32 Å². The number of benzene rings is 1. The Morgan fingerprint density at radius 1 is 1.19 bits per heavy atom. The van der Waals surface area contributed by atoms with Crippen LogP contribution in [0.15, 0.2) is 59.4 Å². The van der Waals surface area contributed by atoms with Crippen molar-refractivity contribution in [3.8, 4) is 0 Å². The van der Waals surface area contributed by atoms with Gasteiger partial charge in [-0.05, 0) is 23.9 Å². The Kier molecular flexibility index (Phi) is 3.49. The number of rotatable bonds is 2. The third-order valence-corrected chi connectivity index (χ3v) is 6.04. The summed E-state index contributed by atoms with van der Waals surface area (Å²) < 4.78 is 16.1. The quantitative estimate of drug-likeness (QED) is 0.747. The number of anilines is 1. The molecule has 2 aliphatic rings. The third-order valence-electron chi connectivity index (χ3n) is 5.01. The SMILES string of the molecule is O=C1C[C@H](c2cccs2)CC2=C1[C@H](c1ccccc1F)n1ncnc1N2. The largest absolute Gasteiger partial charge is 0.328 e. The van der Waals surface area contributed by atoms with Gasteiger partial charge in [-0.15, -0.1) is 11.3 Å². The highest BCUT2D eigenvalue weighted by Gasteiger charge is 2.40. The van der Waals surface area contributed by atoms with Gasteiger partial charge in [0, 0.05) is 34.0 Å². The number of nitrogens with zero attached hydrogens (tertiary/aromatic N) is 3. The first kappa shape index (κ1) is 15.5. The number of halogens is 1. The van der Waals surface area contributed by atoms with Gasteiger partial charge in [0.1, 0.15) is 18.2 Å². The summed E-state index contributed by atoms with van der Waals surface area (Å²) in [6.07, 6.45) is 2.56. The maximum absolute atomic E-state index is 14.5. The van der Waals surface area contributed by atoms with E-state index in [2.05, 4.69) is 21.5 Å². The van der Waals surface area contributed by atoms with Crippen LogP contribution in [0.4, 0.5) is 10.3 Å². The maximum atomic E-state index is 14.5. The van der Waals surface area contributed by atoms with Crippen molar-refractivity contribution in [2.24, 2.45) is 0 Å². The number of hydrogen-bond donors (Lipinski definition) is 1. The summed E-state index contributed by atoms with van der Waals surface area (Å²) in [5, 5.41) is 9.52. The van der Waals surface area contributed by atoms with Gasteiger partial charge >= 0.3 is 0 Å². The van der Waals surface area contributed by atoms with Crippen LogP contribution in [0.25, 0.3) is 0 Å². The number of thiophene rings is 1. The molecule has 0 fully saturated rings. The first-order valence-corrected chi connectivity index (χ1v) is 9.31. The molecule has 0 saturated heterocycles. The fraction of sp³-hybridized carbons (Fsp3) is 0.211. The second-order valence-electron chi connectivity index (χ2n) is 6.51. The lowest BCUT2D eigenvalue weighted by Crippen LogP contribution is -2.33. The molecule has 0 spiro atoms. The fourth-order valence-corrected chi connectivity index (χ4v) is 4.69. The molecular weight excluding hydrogens is 351 g/mol. The standard InChI is InChI=1S/C19H15FN4OS/c20-13-5-2-1-4-12(13)18-17-14(23-19-21-10-22-24(18)19)8-11(9-15(17)25)16-6-3-7-26-16/h1-7,10-11,18H,8-9H2,(H,21,22,23)/t11-,18+/m1/s1. The van der Waals surface area contributed by atoms with Crippen molar-refractivity contribution in [3.05, 3.63) is 75.6 Å². The summed E-state index contributed by atoms with van der Waals surface area (Å²) in [6, 6.07) is 10.0. The van der Waals surface area contributed by atoms with Crippen LogP contribution in [-0.4, -0.2) is 20.5 Å². The molecule has 5 nitrogen and oxygen atoms in total. The van der Waals surface area contributed by atoms with E-state index in [9.17, 15) is 9.18 Å². The second kappa shape index (κ2) is 5.88. The molecule has 3 heterocycles. The topological polar surface area (TPSA) is 59.8 Å². The molecule has 5 rings (SSSR count). The van der Waals surface area contributed by atoms with E-state index < -0.39 is 6.04 Å². The Hall–Kier alpha value is -2.80. The van der Waals surface area contributed by atoms with Gasteiger partial charge in [0.05, 0.1) is 0 Å². The van der Waals surface area contributed by atoms with Gasteiger partial charge in [-0.2, -0.15) is 10.1 Å². The number of carbonyl (C=O) groups is 1. The molecule has 1 aliphatic carbocycles. The molecule has 1 aromatic carbocycles. The van der Waals surface area contributed by atoms with E-state index in [0.717, 1.165) is 5.70 Å².